The zero-order chi connectivity index (χ0) is 31.2. The predicted molar refractivity (Wildman–Crippen MR) is 177 cm³/mol. The molecule has 0 aromatic rings. The van der Waals surface area contributed by atoms with Gasteiger partial charge in [0.2, 0.25) is 0 Å². The molecule has 1 N–H and O–H groups in total. The molecule has 2 heterocycles. The van der Waals surface area contributed by atoms with E-state index >= 15 is 0 Å². The number of esters is 1. The molecule has 2 aliphatic heterocycles. The summed E-state index contributed by atoms with van der Waals surface area (Å²) in [4.78, 5) is 29.0. The molecule has 0 bridgehead atoms. The van der Waals surface area contributed by atoms with E-state index in [0.29, 0.717) is 26.0 Å². The van der Waals surface area contributed by atoms with E-state index in [-0.39, 0.29) is 17.4 Å². The molecule has 3 fully saturated rings. The van der Waals surface area contributed by atoms with Crippen LogP contribution >= 0.6 is 0 Å². The van der Waals surface area contributed by atoms with E-state index in [1.54, 1.807) is 0 Å². The first-order chi connectivity index (χ1) is 20.6. The maximum atomic E-state index is 13.9. The number of carbonyl (C=O) groups is 2. The van der Waals surface area contributed by atoms with E-state index in [1.165, 1.54) is 96.3 Å². The van der Waals surface area contributed by atoms with Crippen molar-refractivity contribution in [3.63, 3.8) is 0 Å². The fourth-order valence-corrected chi connectivity index (χ4v) is 7.94. The van der Waals surface area contributed by atoms with Gasteiger partial charge in [-0.1, -0.05) is 124 Å². The fraction of sp³-hybridized carbons (Fsp3) is 0.946. The van der Waals surface area contributed by atoms with E-state index in [2.05, 4.69) is 44.8 Å². The molecule has 6 nitrogen and oxygen atoms in total. The first-order valence-electron chi connectivity index (χ1n) is 18.5. The van der Waals surface area contributed by atoms with Gasteiger partial charge in [-0.2, -0.15) is 0 Å². The average molecular weight is 605 g/mol. The minimum Gasteiger partial charge on any atom is -0.466 e. The molecule has 6 heteroatoms. The minimum atomic E-state index is -0.847. The van der Waals surface area contributed by atoms with Gasteiger partial charge in [0, 0.05) is 24.0 Å². The molecule has 0 aromatic heterocycles. The maximum Gasteiger partial charge on any atom is 0.307 e. The number of piperidine rings is 1. The Balaban J connectivity index is 1.46. The molecule has 1 aliphatic carbocycles. The third kappa shape index (κ3) is 9.67. The highest BCUT2D eigenvalue weighted by molar-refractivity contribution is 5.89. The summed E-state index contributed by atoms with van der Waals surface area (Å²) in [5.74, 6) is -0.0277. The van der Waals surface area contributed by atoms with Crippen molar-refractivity contribution >= 4 is 11.9 Å². The summed E-state index contributed by atoms with van der Waals surface area (Å²) in [6, 6.07) is 0. The summed E-state index contributed by atoms with van der Waals surface area (Å²) in [5.41, 5.74) is -2.14. The molecule has 1 amide bonds. The Bertz CT molecular complexity index is 828. The van der Waals surface area contributed by atoms with E-state index < -0.39 is 16.7 Å². The van der Waals surface area contributed by atoms with Crippen LogP contribution in [0.1, 0.15) is 182 Å². The van der Waals surface area contributed by atoms with Crippen molar-refractivity contribution in [2.75, 3.05) is 19.7 Å². The van der Waals surface area contributed by atoms with Gasteiger partial charge >= 0.3 is 5.97 Å². The molecule has 0 radical (unpaired) electrons. The minimum absolute atomic E-state index is 0.0771. The number of amides is 1. The summed E-state index contributed by atoms with van der Waals surface area (Å²) in [6.07, 6.45) is 26.8. The molecule has 3 aliphatic rings. The van der Waals surface area contributed by atoms with Gasteiger partial charge in [0.25, 0.3) is 5.91 Å². The Hall–Kier alpha value is -1.14. The van der Waals surface area contributed by atoms with Gasteiger partial charge in [-0.25, -0.2) is 0 Å². The van der Waals surface area contributed by atoms with Crippen molar-refractivity contribution in [3.05, 3.63) is 0 Å². The van der Waals surface area contributed by atoms with Crippen LogP contribution in [0, 0.1) is 5.41 Å². The Morgan fingerprint density at radius 1 is 0.767 bits per heavy atom. The fourth-order valence-electron chi connectivity index (χ4n) is 7.94. The second kappa shape index (κ2) is 17.5. The molecule has 1 saturated carbocycles. The zero-order valence-corrected chi connectivity index (χ0v) is 29.0. The van der Waals surface area contributed by atoms with Crippen molar-refractivity contribution in [3.8, 4) is 0 Å². The number of likely N-dealkylation sites (tertiary alicyclic amines) is 1. The SMILES string of the molecule is CCCCCCCCCCCCOC(=O)CCN1CCC2(OC3(CCCCCCCCCCC3)NC2=O)C(C)(C)C1(C)C. The van der Waals surface area contributed by atoms with Crippen molar-refractivity contribution < 1.29 is 19.1 Å². The highest BCUT2D eigenvalue weighted by atomic mass is 16.6. The lowest BCUT2D eigenvalue weighted by molar-refractivity contribution is -0.225. The molecule has 2 saturated heterocycles. The first-order valence-corrected chi connectivity index (χ1v) is 18.5. The van der Waals surface area contributed by atoms with E-state index in [1.807, 2.05) is 0 Å². The van der Waals surface area contributed by atoms with Crippen molar-refractivity contribution in [1.82, 2.24) is 10.2 Å². The van der Waals surface area contributed by atoms with Crippen LogP contribution in [0.15, 0.2) is 0 Å². The second-order valence-corrected chi connectivity index (χ2v) is 15.1. The van der Waals surface area contributed by atoms with Gasteiger partial charge in [0.1, 0.15) is 5.72 Å². The van der Waals surface area contributed by atoms with E-state index in [0.717, 1.165) is 45.1 Å². The monoisotopic (exact) mass is 605 g/mol. The number of carbonyl (C=O) groups excluding carboxylic acids is 2. The molecule has 1 unspecified atom stereocenters. The third-order valence-corrected chi connectivity index (χ3v) is 11.6. The van der Waals surface area contributed by atoms with Crippen molar-refractivity contribution in [2.45, 2.75) is 199 Å². The summed E-state index contributed by atoms with van der Waals surface area (Å²) >= 11 is 0. The zero-order valence-electron chi connectivity index (χ0n) is 29.0. The molecular formula is C37H68N2O4. The van der Waals surface area contributed by atoms with Gasteiger partial charge < -0.3 is 14.8 Å². The standard InChI is InChI=1S/C37H68N2O4/c1-6-7-8-9-10-11-15-18-21-24-31-42-32(40)25-29-39-30-28-37(34(2,3)35(39,4)5)33(41)38-36(43-37)26-22-19-16-13-12-14-17-20-23-27-36/h6-31H2,1-5H3,(H,38,41). The number of nitrogens with zero attached hydrogens (tertiary/aromatic N) is 1. The lowest BCUT2D eigenvalue weighted by Crippen LogP contribution is -2.71. The number of nitrogens with one attached hydrogen (secondary N) is 1. The van der Waals surface area contributed by atoms with Gasteiger partial charge in [-0.3, -0.25) is 14.5 Å². The van der Waals surface area contributed by atoms with Crippen molar-refractivity contribution in [1.29, 1.82) is 0 Å². The Morgan fingerprint density at radius 2 is 1.28 bits per heavy atom. The Morgan fingerprint density at radius 3 is 1.84 bits per heavy atom. The van der Waals surface area contributed by atoms with Gasteiger partial charge in [-0.05, 0) is 52.4 Å². The van der Waals surface area contributed by atoms with Crippen LogP contribution in [0.2, 0.25) is 0 Å². The molecule has 1 atom stereocenters. The van der Waals surface area contributed by atoms with Crippen LogP contribution in [0.25, 0.3) is 0 Å². The van der Waals surface area contributed by atoms with Crippen LogP contribution in [-0.4, -0.2) is 53.3 Å². The molecule has 0 aromatic carbocycles. The summed E-state index contributed by atoms with van der Waals surface area (Å²) in [7, 11) is 0. The summed E-state index contributed by atoms with van der Waals surface area (Å²) in [5, 5.41) is 3.44. The number of ether oxygens (including phenoxy) is 2. The first kappa shape index (κ1) is 36.3. The quantitative estimate of drug-likeness (QED) is 0.158. The van der Waals surface area contributed by atoms with Crippen LogP contribution in [-0.2, 0) is 19.1 Å². The van der Waals surface area contributed by atoms with Crippen molar-refractivity contribution in [2.24, 2.45) is 5.41 Å². The number of rotatable bonds is 14. The topological polar surface area (TPSA) is 67.9 Å². The van der Waals surface area contributed by atoms with E-state index in [9.17, 15) is 9.59 Å². The second-order valence-electron chi connectivity index (χ2n) is 15.1. The van der Waals surface area contributed by atoms with Gasteiger partial charge in [0.05, 0.1) is 13.0 Å². The molecule has 3 rings (SSSR count). The molecule has 43 heavy (non-hydrogen) atoms. The highest BCUT2D eigenvalue weighted by Gasteiger charge is 2.68. The van der Waals surface area contributed by atoms with Crippen LogP contribution in [0.3, 0.4) is 0 Å². The van der Waals surface area contributed by atoms with Crippen LogP contribution in [0.5, 0.6) is 0 Å². The largest absolute Gasteiger partial charge is 0.466 e. The van der Waals surface area contributed by atoms with Crippen LogP contribution < -0.4 is 5.32 Å². The van der Waals surface area contributed by atoms with Crippen LogP contribution in [0.4, 0.5) is 0 Å². The number of hydrogen-bond donors (Lipinski definition) is 1. The van der Waals surface area contributed by atoms with Gasteiger partial charge in [0.15, 0.2) is 5.60 Å². The molecular weight excluding hydrogens is 536 g/mol. The molecule has 250 valence electrons. The Kier molecular flexibility index (Phi) is 14.8. The summed E-state index contributed by atoms with van der Waals surface area (Å²) < 4.78 is 12.7. The molecule has 2 spiro atoms. The van der Waals surface area contributed by atoms with E-state index in [4.69, 9.17) is 9.47 Å². The predicted octanol–water partition coefficient (Wildman–Crippen LogP) is 9.24. The average Bonchev–Trinajstić information content (AvgIpc) is 3.25. The maximum absolute atomic E-state index is 13.9. The third-order valence-electron chi connectivity index (χ3n) is 11.6. The lowest BCUT2D eigenvalue weighted by Gasteiger charge is -2.60. The lowest BCUT2D eigenvalue weighted by atomic mass is 9.58. The number of hydrogen-bond acceptors (Lipinski definition) is 5. The smallest absolute Gasteiger partial charge is 0.307 e. The highest BCUT2D eigenvalue weighted by Crippen LogP contribution is 2.56. The Labute approximate surface area is 265 Å². The van der Waals surface area contributed by atoms with Gasteiger partial charge in [-0.15, -0.1) is 0 Å². The number of unbranched alkanes of at least 4 members (excludes halogenated alkanes) is 9. The normalized spacial score (nSPS) is 26.1. The summed E-state index contributed by atoms with van der Waals surface area (Å²) in [6.45, 7) is 13.1.